The molecule has 0 saturated carbocycles. The molecule has 1 aromatic heterocycles. The third kappa shape index (κ3) is 3.31. The van der Waals surface area contributed by atoms with Crippen molar-refractivity contribution in [2.75, 3.05) is 12.8 Å². The van der Waals surface area contributed by atoms with Crippen molar-refractivity contribution < 1.29 is 0 Å². The van der Waals surface area contributed by atoms with Crippen molar-refractivity contribution in [3.05, 3.63) is 59.8 Å². The van der Waals surface area contributed by atoms with Gasteiger partial charge >= 0.3 is 0 Å². The molecule has 1 heterocycles. The van der Waals surface area contributed by atoms with Crippen LogP contribution in [-0.2, 0) is 12.8 Å². The number of benzene rings is 1. The molecule has 0 aliphatic heterocycles. The van der Waals surface area contributed by atoms with Gasteiger partial charge in [-0.2, -0.15) is 0 Å². The highest BCUT2D eigenvalue weighted by atomic mass is 14.9. The van der Waals surface area contributed by atoms with Crippen molar-refractivity contribution in [1.29, 1.82) is 0 Å². The topological polar surface area (TPSA) is 50.9 Å². The molecule has 2 rings (SSSR count). The summed E-state index contributed by atoms with van der Waals surface area (Å²) in [5, 5.41) is 3.34. The third-order valence-corrected chi connectivity index (χ3v) is 3.13. The Hall–Kier alpha value is -1.87. The quantitative estimate of drug-likeness (QED) is 0.842. The van der Waals surface area contributed by atoms with Gasteiger partial charge in [-0.15, -0.1) is 0 Å². The van der Waals surface area contributed by atoms with Crippen LogP contribution >= 0.6 is 0 Å². The van der Waals surface area contributed by atoms with E-state index in [1.165, 1.54) is 5.56 Å². The van der Waals surface area contributed by atoms with Crippen molar-refractivity contribution in [3.8, 4) is 0 Å². The Morgan fingerprint density at radius 3 is 2.56 bits per heavy atom. The Labute approximate surface area is 108 Å². The lowest BCUT2D eigenvalue weighted by Gasteiger charge is -2.17. The molecule has 0 amide bonds. The van der Waals surface area contributed by atoms with Crippen molar-refractivity contribution >= 4 is 5.82 Å². The van der Waals surface area contributed by atoms with Gasteiger partial charge in [0.25, 0.3) is 0 Å². The molecule has 3 N–H and O–H groups in total. The van der Waals surface area contributed by atoms with Crippen LogP contribution in [0.1, 0.15) is 11.1 Å². The number of hydrogen-bond acceptors (Lipinski definition) is 3. The summed E-state index contributed by atoms with van der Waals surface area (Å²) < 4.78 is 0. The van der Waals surface area contributed by atoms with Gasteiger partial charge in [-0.1, -0.05) is 36.4 Å². The lowest BCUT2D eigenvalue weighted by atomic mass is 9.99. The first-order chi connectivity index (χ1) is 8.79. The number of nitrogens with zero attached hydrogens (tertiary/aromatic N) is 1. The van der Waals surface area contributed by atoms with Crippen LogP contribution < -0.4 is 11.1 Å². The lowest BCUT2D eigenvalue weighted by Crippen LogP contribution is -2.30. The first-order valence-electron chi connectivity index (χ1n) is 6.20. The smallest absolute Gasteiger partial charge is 0.126 e. The Balaban J connectivity index is 2.04. The minimum atomic E-state index is 0.374. The second kappa shape index (κ2) is 6.17. The Morgan fingerprint density at radius 2 is 1.89 bits per heavy atom. The van der Waals surface area contributed by atoms with E-state index in [4.69, 9.17) is 5.73 Å². The van der Waals surface area contributed by atoms with E-state index in [0.717, 1.165) is 18.4 Å². The number of nitrogens with two attached hydrogens (primary N) is 1. The molecule has 1 unspecified atom stereocenters. The minimum absolute atomic E-state index is 0.374. The standard InChI is InChI=1S/C15H19N3/c1-17-14(10-12-6-3-2-4-7-12)11-13-8-5-9-18-15(13)16/h2-9,14,17H,10-11H2,1H3,(H2,16,18). The first-order valence-corrected chi connectivity index (χ1v) is 6.20. The molecule has 0 aliphatic carbocycles. The van der Waals surface area contributed by atoms with Crippen molar-refractivity contribution in [3.63, 3.8) is 0 Å². The molecular weight excluding hydrogens is 222 g/mol. The number of aromatic nitrogens is 1. The van der Waals surface area contributed by atoms with Crippen LogP contribution in [0.25, 0.3) is 0 Å². The maximum absolute atomic E-state index is 5.88. The molecular formula is C15H19N3. The molecule has 0 aliphatic rings. The molecule has 0 radical (unpaired) electrons. The summed E-state index contributed by atoms with van der Waals surface area (Å²) in [6, 6.07) is 14.8. The van der Waals surface area contributed by atoms with E-state index in [1.807, 2.05) is 25.2 Å². The van der Waals surface area contributed by atoms with E-state index in [2.05, 4.69) is 34.6 Å². The molecule has 3 nitrogen and oxygen atoms in total. The minimum Gasteiger partial charge on any atom is -0.383 e. The lowest BCUT2D eigenvalue weighted by molar-refractivity contribution is 0.556. The number of nitrogens with one attached hydrogen (secondary N) is 1. The average molecular weight is 241 g/mol. The zero-order chi connectivity index (χ0) is 12.8. The van der Waals surface area contributed by atoms with E-state index >= 15 is 0 Å². The molecule has 94 valence electrons. The molecule has 0 fully saturated rings. The molecule has 3 heteroatoms. The van der Waals surface area contributed by atoms with Crippen LogP contribution in [0.4, 0.5) is 5.82 Å². The van der Waals surface area contributed by atoms with Crippen LogP contribution in [0.15, 0.2) is 48.7 Å². The number of nitrogen functional groups attached to an aromatic ring is 1. The summed E-state index contributed by atoms with van der Waals surface area (Å²) in [6.45, 7) is 0. The maximum atomic E-state index is 5.88. The predicted molar refractivity (Wildman–Crippen MR) is 75.3 cm³/mol. The second-order valence-electron chi connectivity index (χ2n) is 4.43. The number of hydrogen-bond donors (Lipinski definition) is 2. The van der Waals surface area contributed by atoms with Crippen LogP contribution in [0.5, 0.6) is 0 Å². The van der Waals surface area contributed by atoms with E-state index < -0.39 is 0 Å². The highest BCUT2D eigenvalue weighted by Gasteiger charge is 2.10. The van der Waals surface area contributed by atoms with E-state index in [0.29, 0.717) is 11.9 Å². The highest BCUT2D eigenvalue weighted by molar-refractivity contribution is 5.39. The second-order valence-corrected chi connectivity index (χ2v) is 4.43. The van der Waals surface area contributed by atoms with Crippen LogP contribution in [-0.4, -0.2) is 18.1 Å². The molecule has 2 aromatic rings. The summed E-state index contributed by atoms with van der Waals surface area (Å²) in [4.78, 5) is 4.12. The molecule has 0 spiro atoms. The largest absolute Gasteiger partial charge is 0.383 e. The molecule has 1 aromatic carbocycles. The number of pyridine rings is 1. The van der Waals surface area contributed by atoms with Crippen LogP contribution in [0.3, 0.4) is 0 Å². The van der Waals surface area contributed by atoms with Crippen LogP contribution in [0, 0.1) is 0 Å². The van der Waals surface area contributed by atoms with Gasteiger partial charge < -0.3 is 11.1 Å². The molecule has 1 atom stereocenters. The average Bonchev–Trinajstić information content (AvgIpc) is 2.41. The zero-order valence-corrected chi connectivity index (χ0v) is 10.6. The van der Waals surface area contributed by atoms with Gasteiger partial charge in [0, 0.05) is 12.2 Å². The van der Waals surface area contributed by atoms with Gasteiger partial charge in [0.1, 0.15) is 5.82 Å². The van der Waals surface area contributed by atoms with Crippen molar-refractivity contribution in [1.82, 2.24) is 10.3 Å². The predicted octanol–water partition coefficient (Wildman–Crippen LogP) is 2.04. The number of anilines is 1. The third-order valence-electron chi connectivity index (χ3n) is 3.13. The fourth-order valence-electron chi connectivity index (χ4n) is 2.06. The van der Waals surface area contributed by atoms with Crippen LogP contribution in [0.2, 0.25) is 0 Å². The summed E-state index contributed by atoms with van der Waals surface area (Å²) in [5.41, 5.74) is 8.32. The molecule has 0 bridgehead atoms. The van der Waals surface area contributed by atoms with Gasteiger partial charge in [0.05, 0.1) is 0 Å². The highest BCUT2D eigenvalue weighted by Crippen LogP contribution is 2.12. The summed E-state index contributed by atoms with van der Waals surface area (Å²) >= 11 is 0. The molecule has 0 saturated heterocycles. The van der Waals surface area contributed by atoms with Crippen molar-refractivity contribution in [2.24, 2.45) is 0 Å². The van der Waals surface area contributed by atoms with Gasteiger partial charge in [0.2, 0.25) is 0 Å². The van der Waals surface area contributed by atoms with Gasteiger partial charge in [-0.05, 0) is 37.1 Å². The maximum Gasteiger partial charge on any atom is 0.126 e. The SMILES string of the molecule is CNC(Cc1ccccc1)Cc1cccnc1N. The monoisotopic (exact) mass is 241 g/mol. The Morgan fingerprint density at radius 1 is 1.11 bits per heavy atom. The fourth-order valence-corrected chi connectivity index (χ4v) is 2.06. The van der Waals surface area contributed by atoms with E-state index in [-0.39, 0.29) is 0 Å². The van der Waals surface area contributed by atoms with Gasteiger partial charge in [0.15, 0.2) is 0 Å². The van der Waals surface area contributed by atoms with Crippen molar-refractivity contribution in [2.45, 2.75) is 18.9 Å². The summed E-state index contributed by atoms with van der Waals surface area (Å²) in [7, 11) is 1.99. The number of rotatable bonds is 5. The number of likely N-dealkylation sites (N-methyl/N-ethyl adjacent to an activating group) is 1. The van der Waals surface area contributed by atoms with Gasteiger partial charge in [-0.25, -0.2) is 4.98 Å². The zero-order valence-electron chi connectivity index (χ0n) is 10.6. The summed E-state index contributed by atoms with van der Waals surface area (Å²) in [6.07, 6.45) is 3.61. The fraction of sp³-hybridized carbons (Fsp3) is 0.267. The first kappa shape index (κ1) is 12.6. The van der Waals surface area contributed by atoms with Gasteiger partial charge in [-0.3, -0.25) is 0 Å². The van der Waals surface area contributed by atoms with E-state index in [9.17, 15) is 0 Å². The Kier molecular flexibility index (Phi) is 4.31. The normalized spacial score (nSPS) is 12.3. The Bertz CT molecular complexity index is 482. The molecule has 18 heavy (non-hydrogen) atoms. The van der Waals surface area contributed by atoms with E-state index in [1.54, 1.807) is 6.20 Å². The summed E-state index contributed by atoms with van der Waals surface area (Å²) in [5.74, 6) is 0.630.